The van der Waals surface area contributed by atoms with Gasteiger partial charge in [-0.25, -0.2) is 4.79 Å². The number of rotatable bonds is 4. The predicted octanol–water partition coefficient (Wildman–Crippen LogP) is 0.189. The van der Waals surface area contributed by atoms with Gasteiger partial charge in [0.1, 0.15) is 0 Å². The van der Waals surface area contributed by atoms with Crippen molar-refractivity contribution in [1.29, 1.82) is 0 Å². The molecule has 104 valence electrons. The van der Waals surface area contributed by atoms with E-state index in [1.165, 1.54) is 7.05 Å². The Hall–Kier alpha value is -1.14. The summed E-state index contributed by atoms with van der Waals surface area (Å²) in [5.74, 6) is 0.214. The van der Waals surface area contributed by atoms with E-state index in [4.69, 9.17) is 4.74 Å². The first-order chi connectivity index (χ1) is 8.58. The monoisotopic (exact) mass is 257 g/mol. The topological polar surface area (TPSA) is 70.7 Å². The highest BCUT2D eigenvalue weighted by atomic mass is 16.5. The van der Waals surface area contributed by atoms with E-state index in [9.17, 15) is 9.59 Å². The van der Waals surface area contributed by atoms with Crippen LogP contribution in [0.15, 0.2) is 0 Å². The van der Waals surface area contributed by atoms with Gasteiger partial charge in [-0.2, -0.15) is 0 Å². The van der Waals surface area contributed by atoms with E-state index in [1.807, 2.05) is 6.92 Å². The normalized spacial score (nSPS) is 22.3. The second-order valence-electron chi connectivity index (χ2n) is 4.70. The van der Waals surface area contributed by atoms with Crippen LogP contribution < -0.4 is 10.6 Å². The van der Waals surface area contributed by atoms with Crippen LogP contribution in [0.5, 0.6) is 0 Å². The van der Waals surface area contributed by atoms with Gasteiger partial charge in [0, 0.05) is 20.7 Å². The summed E-state index contributed by atoms with van der Waals surface area (Å²) < 4.78 is 5.16. The molecule has 0 aromatic rings. The second kappa shape index (κ2) is 7.33. The van der Waals surface area contributed by atoms with E-state index in [1.54, 1.807) is 7.11 Å². The van der Waals surface area contributed by atoms with E-state index in [0.717, 1.165) is 32.5 Å². The Labute approximate surface area is 108 Å². The highest BCUT2D eigenvalue weighted by Crippen LogP contribution is 2.18. The molecule has 6 nitrogen and oxygen atoms in total. The molecule has 1 fully saturated rings. The lowest BCUT2D eigenvalue weighted by Crippen LogP contribution is -2.52. The Kier molecular flexibility index (Phi) is 6.07. The number of imide groups is 1. The van der Waals surface area contributed by atoms with Crippen LogP contribution in [0.25, 0.3) is 0 Å². The smallest absolute Gasteiger partial charge is 0.321 e. The zero-order valence-electron chi connectivity index (χ0n) is 11.4. The lowest BCUT2D eigenvalue weighted by atomic mass is 9.97. The van der Waals surface area contributed by atoms with E-state index < -0.39 is 6.03 Å². The highest BCUT2D eigenvalue weighted by Gasteiger charge is 2.27. The molecule has 1 aliphatic rings. The van der Waals surface area contributed by atoms with Crippen molar-refractivity contribution in [2.45, 2.75) is 25.8 Å². The van der Waals surface area contributed by atoms with Crippen molar-refractivity contribution in [3.8, 4) is 0 Å². The van der Waals surface area contributed by atoms with Crippen molar-refractivity contribution in [2.24, 2.45) is 5.92 Å². The quantitative estimate of drug-likeness (QED) is 0.754. The minimum Gasteiger partial charge on any atom is -0.384 e. The van der Waals surface area contributed by atoms with Gasteiger partial charge in [0.2, 0.25) is 5.91 Å². The van der Waals surface area contributed by atoms with Gasteiger partial charge >= 0.3 is 6.03 Å². The van der Waals surface area contributed by atoms with Gasteiger partial charge in [-0.3, -0.25) is 15.0 Å². The molecule has 18 heavy (non-hydrogen) atoms. The molecule has 0 aromatic carbocycles. The first kappa shape index (κ1) is 14.9. The maximum atomic E-state index is 11.8. The van der Waals surface area contributed by atoms with Crippen molar-refractivity contribution < 1.29 is 14.3 Å². The van der Waals surface area contributed by atoms with Gasteiger partial charge in [0.05, 0.1) is 12.6 Å². The SMILES string of the molecule is CNC(=O)NC(=O)[C@@H](C)N1CCC[C@H](COC)C1. The van der Waals surface area contributed by atoms with Gasteiger partial charge in [0.15, 0.2) is 0 Å². The average Bonchev–Trinajstić information content (AvgIpc) is 2.38. The summed E-state index contributed by atoms with van der Waals surface area (Å²) in [6, 6.07) is -0.751. The Morgan fingerprint density at radius 3 is 2.83 bits per heavy atom. The standard InChI is InChI=1S/C12H23N3O3/c1-9(11(16)14-12(17)13-2)15-6-4-5-10(7-15)8-18-3/h9-10H,4-8H2,1-3H3,(H2,13,14,16,17)/t9-,10+/m1/s1. The molecule has 0 spiro atoms. The molecule has 1 saturated heterocycles. The predicted molar refractivity (Wildman–Crippen MR) is 68.2 cm³/mol. The van der Waals surface area contributed by atoms with Crippen LogP contribution in [0.4, 0.5) is 4.79 Å². The Morgan fingerprint density at radius 2 is 2.22 bits per heavy atom. The fourth-order valence-corrected chi connectivity index (χ4v) is 2.27. The molecule has 3 amide bonds. The van der Waals surface area contributed by atoms with Crippen LogP contribution >= 0.6 is 0 Å². The van der Waals surface area contributed by atoms with E-state index in [0.29, 0.717) is 5.92 Å². The molecule has 2 atom stereocenters. The third-order valence-electron chi connectivity index (χ3n) is 3.34. The summed E-state index contributed by atoms with van der Waals surface area (Å²) in [5.41, 5.74) is 0. The van der Waals surface area contributed by atoms with Gasteiger partial charge < -0.3 is 10.1 Å². The van der Waals surface area contributed by atoms with Crippen molar-refractivity contribution in [3.63, 3.8) is 0 Å². The Morgan fingerprint density at radius 1 is 1.50 bits per heavy atom. The Balaban J connectivity index is 2.47. The van der Waals surface area contributed by atoms with Gasteiger partial charge in [-0.1, -0.05) is 0 Å². The number of carbonyl (C=O) groups is 2. The summed E-state index contributed by atoms with van der Waals surface area (Å²) in [6.45, 7) is 4.28. The maximum absolute atomic E-state index is 11.8. The molecule has 1 rings (SSSR count). The van der Waals surface area contributed by atoms with Crippen molar-refractivity contribution >= 4 is 11.9 Å². The minimum atomic E-state index is -0.461. The molecule has 1 heterocycles. The largest absolute Gasteiger partial charge is 0.384 e. The van der Waals surface area contributed by atoms with Gasteiger partial charge in [-0.05, 0) is 32.2 Å². The summed E-state index contributed by atoms with van der Waals surface area (Å²) in [5, 5.41) is 4.68. The molecule has 0 bridgehead atoms. The fourth-order valence-electron chi connectivity index (χ4n) is 2.27. The Bertz CT molecular complexity index is 294. The molecule has 0 aromatic heterocycles. The summed E-state index contributed by atoms with van der Waals surface area (Å²) in [4.78, 5) is 25.0. The number of nitrogens with zero attached hydrogens (tertiary/aromatic N) is 1. The van der Waals surface area contributed by atoms with Crippen LogP contribution in [0.1, 0.15) is 19.8 Å². The molecule has 0 radical (unpaired) electrons. The van der Waals surface area contributed by atoms with Crippen LogP contribution in [-0.4, -0.2) is 56.7 Å². The maximum Gasteiger partial charge on any atom is 0.321 e. The number of ether oxygens (including phenoxy) is 1. The van der Waals surface area contributed by atoms with Crippen molar-refractivity contribution in [2.75, 3.05) is 33.9 Å². The molecule has 0 saturated carbocycles. The number of amides is 3. The number of likely N-dealkylation sites (tertiary alicyclic amines) is 1. The zero-order chi connectivity index (χ0) is 13.5. The third kappa shape index (κ3) is 4.27. The first-order valence-electron chi connectivity index (χ1n) is 6.34. The summed E-state index contributed by atoms with van der Waals surface area (Å²) in [6.07, 6.45) is 2.19. The highest BCUT2D eigenvalue weighted by molar-refractivity contribution is 5.96. The van der Waals surface area contributed by atoms with Gasteiger partial charge in [0.25, 0.3) is 0 Å². The lowest BCUT2D eigenvalue weighted by Gasteiger charge is -2.35. The molecule has 0 aliphatic carbocycles. The first-order valence-corrected chi connectivity index (χ1v) is 6.34. The van der Waals surface area contributed by atoms with Crippen LogP contribution in [-0.2, 0) is 9.53 Å². The lowest BCUT2D eigenvalue weighted by molar-refractivity contribution is -0.125. The molecule has 2 N–H and O–H groups in total. The number of urea groups is 1. The molecule has 0 unspecified atom stereocenters. The van der Waals surface area contributed by atoms with E-state index in [2.05, 4.69) is 15.5 Å². The molecule has 1 aliphatic heterocycles. The number of carbonyl (C=O) groups excluding carboxylic acids is 2. The number of nitrogens with one attached hydrogen (secondary N) is 2. The third-order valence-corrected chi connectivity index (χ3v) is 3.34. The number of hydrogen-bond acceptors (Lipinski definition) is 4. The second-order valence-corrected chi connectivity index (χ2v) is 4.70. The van der Waals surface area contributed by atoms with Gasteiger partial charge in [-0.15, -0.1) is 0 Å². The number of piperidine rings is 1. The van der Waals surface area contributed by atoms with Crippen molar-refractivity contribution in [3.05, 3.63) is 0 Å². The minimum absolute atomic E-state index is 0.257. The molecular formula is C12H23N3O3. The van der Waals surface area contributed by atoms with Crippen LogP contribution in [0.3, 0.4) is 0 Å². The van der Waals surface area contributed by atoms with E-state index >= 15 is 0 Å². The number of hydrogen-bond donors (Lipinski definition) is 2. The molecule has 6 heteroatoms. The van der Waals surface area contributed by atoms with Crippen molar-refractivity contribution in [1.82, 2.24) is 15.5 Å². The fraction of sp³-hybridized carbons (Fsp3) is 0.833. The van der Waals surface area contributed by atoms with Crippen LogP contribution in [0.2, 0.25) is 0 Å². The van der Waals surface area contributed by atoms with Crippen LogP contribution in [0, 0.1) is 5.92 Å². The van der Waals surface area contributed by atoms with E-state index in [-0.39, 0.29) is 11.9 Å². The molecular weight excluding hydrogens is 234 g/mol. The zero-order valence-corrected chi connectivity index (χ0v) is 11.4. The summed E-state index contributed by atoms with van der Waals surface area (Å²) in [7, 11) is 3.18. The summed E-state index contributed by atoms with van der Waals surface area (Å²) >= 11 is 0. The number of methoxy groups -OCH3 is 1. The average molecular weight is 257 g/mol.